The Morgan fingerprint density at radius 1 is 1.30 bits per heavy atom. The monoisotopic (exact) mass is 291 g/mol. The Balaban J connectivity index is 2.20. The molecular formula is C14H14ClN3O2. The molecule has 6 heteroatoms. The molecule has 0 spiro atoms. The maximum Gasteiger partial charge on any atom is 0.274 e. The van der Waals surface area contributed by atoms with Crippen LogP contribution < -0.4 is 5.56 Å². The predicted molar refractivity (Wildman–Crippen MR) is 76.7 cm³/mol. The molecule has 1 N–H and O–H groups in total. The Kier molecular flexibility index (Phi) is 4.53. The first-order valence-electron chi connectivity index (χ1n) is 6.20. The number of hydrogen-bond donors (Lipinski definition) is 1. The fraction of sp³-hybridized carbons (Fsp3) is 0.214. The molecule has 0 aliphatic rings. The molecule has 0 bridgehead atoms. The Bertz CT molecular complexity index is 649. The Labute approximate surface area is 121 Å². The van der Waals surface area contributed by atoms with Crippen LogP contribution in [0.25, 0.3) is 0 Å². The number of benzene rings is 1. The molecule has 0 aliphatic carbocycles. The van der Waals surface area contributed by atoms with E-state index in [4.69, 9.17) is 11.6 Å². The molecule has 2 aromatic rings. The van der Waals surface area contributed by atoms with Crippen molar-refractivity contribution in [3.63, 3.8) is 0 Å². The number of rotatable bonds is 4. The number of halogens is 1. The zero-order valence-electron chi connectivity index (χ0n) is 11.0. The van der Waals surface area contributed by atoms with Gasteiger partial charge in [0.2, 0.25) is 0 Å². The number of H-pyrrole nitrogens is 1. The van der Waals surface area contributed by atoms with Gasteiger partial charge in [0.25, 0.3) is 11.5 Å². The normalized spacial score (nSPS) is 10.3. The summed E-state index contributed by atoms with van der Waals surface area (Å²) in [5.74, 6) is -0.247. The highest BCUT2D eigenvalue weighted by atomic mass is 35.5. The molecule has 0 saturated heterocycles. The van der Waals surface area contributed by atoms with E-state index in [1.54, 1.807) is 11.0 Å². The zero-order chi connectivity index (χ0) is 14.5. The highest BCUT2D eigenvalue weighted by molar-refractivity contribution is 6.31. The van der Waals surface area contributed by atoms with Crippen molar-refractivity contribution < 1.29 is 4.79 Å². The Morgan fingerprint density at radius 3 is 2.65 bits per heavy atom. The number of carbonyl (C=O) groups is 1. The van der Waals surface area contributed by atoms with Crippen LogP contribution in [0.5, 0.6) is 0 Å². The second kappa shape index (κ2) is 6.34. The van der Waals surface area contributed by atoms with E-state index in [2.05, 4.69) is 10.2 Å². The number of carbonyl (C=O) groups excluding carboxylic acids is 1. The molecule has 1 aromatic carbocycles. The molecular weight excluding hydrogens is 278 g/mol. The second-order valence-corrected chi connectivity index (χ2v) is 4.62. The van der Waals surface area contributed by atoms with Crippen molar-refractivity contribution in [3.05, 3.63) is 63.0 Å². The minimum absolute atomic E-state index is 0.207. The van der Waals surface area contributed by atoms with Crippen molar-refractivity contribution in [1.82, 2.24) is 15.1 Å². The molecule has 104 valence electrons. The molecule has 0 saturated carbocycles. The minimum Gasteiger partial charge on any atom is -0.333 e. The zero-order valence-corrected chi connectivity index (χ0v) is 11.7. The highest BCUT2D eigenvalue weighted by Gasteiger charge is 2.17. The van der Waals surface area contributed by atoms with E-state index in [0.717, 1.165) is 5.56 Å². The van der Waals surface area contributed by atoms with Crippen LogP contribution in [0.1, 0.15) is 23.0 Å². The standard InChI is InChI=1S/C14H14ClN3O2/c1-2-18(9-10-5-3-4-6-11(10)15)14(20)12-7-8-13(19)17-16-12/h3-8H,2,9H2,1H3,(H,17,19). The van der Waals surface area contributed by atoms with Gasteiger partial charge in [-0.05, 0) is 24.6 Å². The van der Waals surface area contributed by atoms with Crippen LogP contribution in [-0.4, -0.2) is 27.5 Å². The van der Waals surface area contributed by atoms with Gasteiger partial charge in [-0.3, -0.25) is 9.59 Å². The number of hydrogen-bond acceptors (Lipinski definition) is 3. The van der Waals surface area contributed by atoms with Gasteiger partial charge in [0.15, 0.2) is 0 Å². The van der Waals surface area contributed by atoms with Crippen molar-refractivity contribution in [2.75, 3.05) is 6.54 Å². The van der Waals surface area contributed by atoms with E-state index >= 15 is 0 Å². The number of aromatic amines is 1. The van der Waals surface area contributed by atoms with Gasteiger partial charge in [0, 0.05) is 24.2 Å². The lowest BCUT2D eigenvalue weighted by molar-refractivity contribution is 0.0745. The summed E-state index contributed by atoms with van der Waals surface area (Å²) in [5.41, 5.74) is 0.739. The first-order chi connectivity index (χ1) is 9.61. The van der Waals surface area contributed by atoms with Gasteiger partial charge in [0.1, 0.15) is 5.69 Å². The van der Waals surface area contributed by atoms with Crippen LogP contribution in [-0.2, 0) is 6.54 Å². The molecule has 0 unspecified atom stereocenters. The van der Waals surface area contributed by atoms with Gasteiger partial charge < -0.3 is 4.90 Å². The predicted octanol–water partition coefficient (Wildman–Crippen LogP) is 2.09. The molecule has 2 rings (SSSR count). The molecule has 1 heterocycles. The van der Waals surface area contributed by atoms with Crippen molar-refractivity contribution in [2.24, 2.45) is 0 Å². The fourth-order valence-corrected chi connectivity index (χ4v) is 1.98. The molecule has 1 amide bonds. The topological polar surface area (TPSA) is 66.1 Å². The van der Waals surface area contributed by atoms with Crippen molar-refractivity contribution in [3.8, 4) is 0 Å². The Hall–Kier alpha value is -2.14. The lowest BCUT2D eigenvalue weighted by atomic mass is 10.2. The van der Waals surface area contributed by atoms with Gasteiger partial charge in [-0.25, -0.2) is 5.10 Å². The summed E-state index contributed by atoms with van der Waals surface area (Å²) >= 11 is 6.10. The van der Waals surface area contributed by atoms with Crippen LogP contribution in [0.15, 0.2) is 41.2 Å². The molecule has 0 radical (unpaired) electrons. The van der Waals surface area contributed by atoms with Crippen LogP contribution in [0.2, 0.25) is 5.02 Å². The molecule has 5 nitrogen and oxygen atoms in total. The van der Waals surface area contributed by atoms with E-state index in [-0.39, 0.29) is 17.2 Å². The molecule has 0 atom stereocenters. The maximum absolute atomic E-state index is 12.3. The lowest BCUT2D eigenvalue weighted by Crippen LogP contribution is -2.31. The lowest BCUT2D eigenvalue weighted by Gasteiger charge is -2.20. The summed E-state index contributed by atoms with van der Waals surface area (Å²) in [7, 11) is 0. The average molecular weight is 292 g/mol. The summed E-state index contributed by atoms with van der Waals surface area (Å²) in [6.07, 6.45) is 0. The van der Waals surface area contributed by atoms with Crippen LogP contribution in [0.4, 0.5) is 0 Å². The van der Waals surface area contributed by atoms with E-state index in [0.29, 0.717) is 18.1 Å². The Morgan fingerprint density at radius 2 is 2.05 bits per heavy atom. The summed E-state index contributed by atoms with van der Waals surface area (Å²) in [6, 6.07) is 10.1. The molecule has 1 aromatic heterocycles. The van der Waals surface area contributed by atoms with Gasteiger partial charge >= 0.3 is 0 Å². The van der Waals surface area contributed by atoms with E-state index in [1.165, 1.54) is 12.1 Å². The smallest absolute Gasteiger partial charge is 0.274 e. The summed E-state index contributed by atoms with van der Waals surface area (Å²) < 4.78 is 0. The quantitative estimate of drug-likeness (QED) is 0.938. The first kappa shape index (κ1) is 14.3. The van der Waals surface area contributed by atoms with Crippen LogP contribution in [0.3, 0.4) is 0 Å². The molecule has 0 aliphatic heterocycles. The first-order valence-corrected chi connectivity index (χ1v) is 6.58. The number of nitrogens with one attached hydrogen (secondary N) is 1. The summed E-state index contributed by atoms with van der Waals surface area (Å²) in [5, 5.41) is 6.62. The SMILES string of the molecule is CCN(Cc1ccccc1Cl)C(=O)c1ccc(=O)[nH]n1. The van der Waals surface area contributed by atoms with Crippen LogP contribution in [0, 0.1) is 0 Å². The van der Waals surface area contributed by atoms with Gasteiger partial charge in [-0.15, -0.1) is 0 Å². The highest BCUT2D eigenvalue weighted by Crippen LogP contribution is 2.17. The number of aromatic nitrogens is 2. The van der Waals surface area contributed by atoms with Crippen molar-refractivity contribution in [1.29, 1.82) is 0 Å². The van der Waals surface area contributed by atoms with Crippen molar-refractivity contribution >= 4 is 17.5 Å². The molecule has 0 fully saturated rings. The summed E-state index contributed by atoms with van der Waals surface area (Å²) in [6.45, 7) is 2.79. The molecule has 20 heavy (non-hydrogen) atoms. The van der Waals surface area contributed by atoms with E-state index in [1.807, 2.05) is 25.1 Å². The van der Waals surface area contributed by atoms with Gasteiger partial charge in [-0.2, -0.15) is 5.10 Å². The van der Waals surface area contributed by atoms with Crippen molar-refractivity contribution in [2.45, 2.75) is 13.5 Å². The van der Waals surface area contributed by atoms with Gasteiger partial charge in [-0.1, -0.05) is 29.8 Å². The maximum atomic E-state index is 12.3. The fourth-order valence-electron chi connectivity index (χ4n) is 1.79. The third kappa shape index (κ3) is 3.24. The summed E-state index contributed by atoms with van der Waals surface area (Å²) in [4.78, 5) is 24.9. The third-order valence-electron chi connectivity index (χ3n) is 2.89. The van der Waals surface area contributed by atoms with E-state index < -0.39 is 0 Å². The van der Waals surface area contributed by atoms with Gasteiger partial charge in [0.05, 0.1) is 0 Å². The minimum atomic E-state index is -0.337. The van der Waals surface area contributed by atoms with E-state index in [9.17, 15) is 9.59 Å². The average Bonchev–Trinajstić information content (AvgIpc) is 2.46. The third-order valence-corrected chi connectivity index (χ3v) is 3.25. The second-order valence-electron chi connectivity index (χ2n) is 4.22. The largest absolute Gasteiger partial charge is 0.333 e. The number of nitrogens with zero attached hydrogens (tertiary/aromatic N) is 2. The van der Waals surface area contributed by atoms with Crippen LogP contribution >= 0.6 is 11.6 Å². The number of amides is 1.